The second-order valence-electron chi connectivity index (χ2n) is 6.32. The number of aromatic amines is 1. The number of aromatic nitrogens is 3. The summed E-state index contributed by atoms with van der Waals surface area (Å²) in [6, 6.07) is 0. The highest BCUT2D eigenvalue weighted by Crippen LogP contribution is 2.42. The van der Waals surface area contributed by atoms with Gasteiger partial charge in [0, 0.05) is 20.0 Å². The first-order valence-corrected chi connectivity index (χ1v) is 7.67. The maximum absolute atomic E-state index is 12.9. The Hall–Kier alpha value is -1.39. The van der Waals surface area contributed by atoms with Crippen molar-refractivity contribution in [1.29, 1.82) is 0 Å². The Labute approximate surface area is 121 Å². The van der Waals surface area contributed by atoms with Gasteiger partial charge in [-0.15, -0.1) is 0 Å². The lowest BCUT2D eigenvalue weighted by Gasteiger charge is -2.33. The van der Waals surface area contributed by atoms with Crippen LogP contribution in [0.25, 0.3) is 0 Å². The second kappa shape index (κ2) is 6.37. The standard InChI is InChI=1S/C15H26N4O/c1-4-12(2)11-19(3)14(20)15(7-5-6-8-15)9-13-10-16-18-17-13/h10,12H,4-9,11H2,1-3H3,(H,16,17,18). The summed E-state index contributed by atoms with van der Waals surface area (Å²) in [4.78, 5) is 14.8. The molecule has 1 unspecified atom stereocenters. The van der Waals surface area contributed by atoms with E-state index in [1.807, 2.05) is 11.9 Å². The van der Waals surface area contributed by atoms with Crippen LogP contribution in [0.5, 0.6) is 0 Å². The van der Waals surface area contributed by atoms with E-state index in [1.165, 1.54) is 0 Å². The van der Waals surface area contributed by atoms with Crippen molar-refractivity contribution in [3.8, 4) is 0 Å². The van der Waals surface area contributed by atoms with Gasteiger partial charge < -0.3 is 4.90 Å². The van der Waals surface area contributed by atoms with E-state index < -0.39 is 0 Å². The Morgan fingerprint density at radius 3 is 2.75 bits per heavy atom. The fourth-order valence-electron chi connectivity index (χ4n) is 3.26. The van der Waals surface area contributed by atoms with Crippen LogP contribution in [0.2, 0.25) is 0 Å². The highest BCUT2D eigenvalue weighted by atomic mass is 16.2. The van der Waals surface area contributed by atoms with Gasteiger partial charge in [0.05, 0.1) is 17.3 Å². The molecule has 5 heteroatoms. The molecule has 5 nitrogen and oxygen atoms in total. The molecule has 0 aromatic carbocycles. The van der Waals surface area contributed by atoms with Gasteiger partial charge in [-0.1, -0.05) is 33.1 Å². The molecule has 1 fully saturated rings. The quantitative estimate of drug-likeness (QED) is 0.869. The normalized spacial score (nSPS) is 18.9. The predicted octanol–water partition coefficient (Wildman–Crippen LogP) is 2.41. The summed E-state index contributed by atoms with van der Waals surface area (Å²) >= 11 is 0. The third-order valence-electron chi connectivity index (χ3n) is 4.63. The van der Waals surface area contributed by atoms with Crippen LogP contribution in [0.1, 0.15) is 51.6 Å². The monoisotopic (exact) mass is 278 g/mol. The van der Waals surface area contributed by atoms with Crippen molar-refractivity contribution >= 4 is 5.91 Å². The van der Waals surface area contributed by atoms with Gasteiger partial charge in [0.15, 0.2) is 0 Å². The fourth-order valence-corrected chi connectivity index (χ4v) is 3.26. The van der Waals surface area contributed by atoms with Crippen LogP contribution in [0.3, 0.4) is 0 Å². The van der Waals surface area contributed by atoms with Gasteiger partial charge in [0.1, 0.15) is 0 Å². The Kier molecular flexibility index (Phi) is 4.78. The molecule has 1 atom stereocenters. The molecule has 1 aliphatic carbocycles. The lowest BCUT2D eigenvalue weighted by Crippen LogP contribution is -2.43. The number of hydrogen-bond donors (Lipinski definition) is 1. The summed E-state index contributed by atoms with van der Waals surface area (Å²) in [5.74, 6) is 0.841. The average Bonchev–Trinajstić information content (AvgIpc) is 3.10. The summed E-state index contributed by atoms with van der Waals surface area (Å²) in [5.41, 5.74) is 0.649. The second-order valence-corrected chi connectivity index (χ2v) is 6.32. The molecular formula is C15H26N4O. The molecule has 1 aliphatic rings. The summed E-state index contributed by atoms with van der Waals surface area (Å²) in [7, 11) is 1.94. The Morgan fingerprint density at radius 2 is 2.20 bits per heavy atom. The van der Waals surface area contributed by atoms with E-state index in [0.717, 1.165) is 44.3 Å². The van der Waals surface area contributed by atoms with Crippen molar-refractivity contribution in [3.05, 3.63) is 11.9 Å². The molecule has 0 aliphatic heterocycles. The molecule has 1 aromatic heterocycles. The van der Waals surface area contributed by atoms with Crippen molar-refractivity contribution in [3.63, 3.8) is 0 Å². The zero-order valence-electron chi connectivity index (χ0n) is 12.9. The molecular weight excluding hydrogens is 252 g/mol. The molecule has 1 amide bonds. The molecule has 2 rings (SSSR count). The topological polar surface area (TPSA) is 61.9 Å². The Morgan fingerprint density at radius 1 is 1.50 bits per heavy atom. The van der Waals surface area contributed by atoms with E-state index in [9.17, 15) is 4.79 Å². The Balaban J connectivity index is 2.09. The molecule has 0 spiro atoms. The van der Waals surface area contributed by atoms with Gasteiger partial charge in [0.25, 0.3) is 0 Å². The first-order valence-electron chi connectivity index (χ1n) is 7.67. The number of hydrogen-bond acceptors (Lipinski definition) is 3. The first-order chi connectivity index (χ1) is 9.57. The number of nitrogens with one attached hydrogen (secondary N) is 1. The molecule has 112 valence electrons. The number of H-pyrrole nitrogens is 1. The largest absolute Gasteiger partial charge is 0.345 e. The molecule has 1 saturated carbocycles. The lowest BCUT2D eigenvalue weighted by atomic mass is 9.80. The number of rotatable bonds is 6. The third-order valence-corrected chi connectivity index (χ3v) is 4.63. The minimum Gasteiger partial charge on any atom is -0.345 e. The SMILES string of the molecule is CCC(C)CN(C)C(=O)C1(Cc2cn[nH]n2)CCCC1. The van der Waals surface area contributed by atoms with Gasteiger partial charge in [-0.3, -0.25) is 4.79 Å². The number of carbonyl (C=O) groups is 1. The molecule has 1 heterocycles. The fraction of sp³-hybridized carbons (Fsp3) is 0.800. The molecule has 0 radical (unpaired) electrons. The van der Waals surface area contributed by atoms with Crippen LogP contribution in [0.4, 0.5) is 0 Å². The van der Waals surface area contributed by atoms with Crippen molar-refractivity contribution in [2.24, 2.45) is 11.3 Å². The maximum atomic E-state index is 12.9. The number of nitrogens with zero attached hydrogens (tertiary/aromatic N) is 3. The van der Waals surface area contributed by atoms with Crippen molar-refractivity contribution in [2.45, 2.75) is 52.4 Å². The van der Waals surface area contributed by atoms with Crippen molar-refractivity contribution < 1.29 is 4.79 Å². The van der Waals surface area contributed by atoms with E-state index in [4.69, 9.17) is 0 Å². The van der Waals surface area contributed by atoms with E-state index in [1.54, 1.807) is 6.20 Å². The Bertz CT molecular complexity index is 423. The zero-order chi connectivity index (χ0) is 14.6. The lowest BCUT2D eigenvalue weighted by molar-refractivity contribution is -0.141. The summed E-state index contributed by atoms with van der Waals surface area (Å²) in [6.45, 7) is 5.21. The molecule has 0 saturated heterocycles. The third kappa shape index (κ3) is 3.19. The van der Waals surface area contributed by atoms with Crippen LogP contribution < -0.4 is 0 Å². The van der Waals surface area contributed by atoms with Crippen LogP contribution in [-0.2, 0) is 11.2 Å². The van der Waals surface area contributed by atoms with E-state index in [2.05, 4.69) is 29.3 Å². The molecule has 1 aromatic rings. The first kappa shape index (κ1) is 15.0. The van der Waals surface area contributed by atoms with Crippen LogP contribution in [0, 0.1) is 11.3 Å². The van der Waals surface area contributed by atoms with Crippen LogP contribution in [0.15, 0.2) is 6.20 Å². The molecule has 0 bridgehead atoms. The average molecular weight is 278 g/mol. The minimum absolute atomic E-state index is 0.251. The predicted molar refractivity (Wildman–Crippen MR) is 78.1 cm³/mol. The summed E-state index contributed by atoms with van der Waals surface area (Å²) in [5, 5.41) is 10.6. The number of amides is 1. The highest BCUT2D eigenvalue weighted by Gasteiger charge is 2.43. The van der Waals surface area contributed by atoms with Gasteiger partial charge >= 0.3 is 0 Å². The van der Waals surface area contributed by atoms with Gasteiger partial charge in [-0.2, -0.15) is 15.4 Å². The van der Waals surface area contributed by atoms with E-state index >= 15 is 0 Å². The van der Waals surface area contributed by atoms with Gasteiger partial charge in [-0.05, 0) is 18.8 Å². The summed E-state index contributed by atoms with van der Waals surface area (Å²) < 4.78 is 0. The van der Waals surface area contributed by atoms with Crippen LogP contribution >= 0.6 is 0 Å². The smallest absolute Gasteiger partial charge is 0.228 e. The van der Waals surface area contributed by atoms with Gasteiger partial charge in [0.2, 0.25) is 5.91 Å². The van der Waals surface area contributed by atoms with E-state index in [0.29, 0.717) is 18.2 Å². The maximum Gasteiger partial charge on any atom is 0.228 e. The van der Waals surface area contributed by atoms with Gasteiger partial charge in [-0.25, -0.2) is 0 Å². The number of carbonyl (C=O) groups excluding carboxylic acids is 1. The highest BCUT2D eigenvalue weighted by molar-refractivity contribution is 5.83. The summed E-state index contributed by atoms with van der Waals surface area (Å²) in [6.07, 6.45) is 7.79. The van der Waals surface area contributed by atoms with Crippen molar-refractivity contribution in [2.75, 3.05) is 13.6 Å². The van der Waals surface area contributed by atoms with Crippen molar-refractivity contribution in [1.82, 2.24) is 20.3 Å². The van der Waals surface area contributed by atoms with E-state index in [-0.39, 0.29) is 5.41 Å². The zero-order valence-corrected chi connectivity index (χ0v) is 12.9. The van der Waals surface area contributed by atoms with Crippen LogP contribution in [-0.4, -0.2) is 39.8 Å². The molecule has 20 heavy (non-hydrogen) atoms. The minimum atomic E-state index is -0.251. The molecule has 1 N–H and O–H groups in total.